The van der Waals surface area contributed by atoms with E-state index in [-0.39, 0.29) is 54.8 Å². The van der Waals surface area contributed by atoms with Gasteiger partial charge in [0.15, 0.2) is 0 Å². The maximum Gasteiger partial charge on any atom is -0.0140 e. The van der Waals surface area contributed by atoms with Crippen LogP contribution in [0.1, 0.15) is 0 Å². The summed E-state index contributed by atoms with van der Waals surface area (Å²) in [5, 5.41) is 0. The molecular formula is C3H29NO10. The van der Waals surface area contributed by atoms with E-state index in [0.717, 1.165) is 0 Å². The first-order chi connectivity index (χ1) is 1.73. The highest BCUT2D eigenvalue weighted by atomic mass is 16.0. The largest absolute Gasteiger partial charge is 0.412 e. The van der Waals surface area contributed by atoms with Crippen molar-refractivity contribution in [2.75, 3.05) is 21.1 Å². The van der Waals surface area contributed by atoms with Crippen LogP contribution < -0.4 is 0 Å². The summed E-state index contributed by atoms with van der Waals surface area (Å²) in [6, 6.07) is 0. The van der Waals surface area contributed by atoms with Gasteiger partial charge in [-0.15, -0.1) is 0 Å². The van der Waals surface area contributed by atoms with Gasteiger partial charge >= 0.3 is 0 Å². The molecule has 0 fully saturated rings. The van der Waals surface area contributed by atoms with Gasteiger partial charge in [0.05, 0.1) is 0 Å². The summed E-state index contributed by atoms with van der Waals surface area (Å²) in [5.41, 5.74) is 0. The average molecular weight is 239 g/mol. The summed E-state index contributed by atoms with van der Waals surface area (Å²) in [6.07, 6.45) is 0. The Labute approximate surface area is 82.0 Å². The quantitative estimate of drug-likeness (QED) is 0.390. The first kappa shape index (κ1) is 326. The summed E-state index contributed by atoms with van der Waals surface area (Å²) in [7, 11) is 6.00. The van der Waals surface area contributed by atoms with Crippen LogP contribution in [0.25, 0.3) is 0 Å². The van der Waals surface area contributed by atoms with E-state index in [4.69, 9.17) is 0 Å². The molecule has 106 valence electrons. The lowest BCUT2D eigenvalue weighted by Gasteiger charge is -1.90. The lowest BCUT2D eigenvalue weighted by molar-refractivity contribution is 0.505. The van der Waals surface area contributed by atoms with E-state index >= 15 is 0 Å². The van der Waals surface area contributed by atoms with Crippen LogP contribution in [0.4, 0.5) is 0 Å². The summed E-state index contributed by atoms with van der Waals surface area (Å²) >= 11 is 0. The van der Waals surface area contributed by atoms with Gasteiger partial charge in [-0.3, -0.25) is 0 Å². The van der Waals surface area contributed by atoms with E-state index in [1.807, 2.05) is 26.0 Å². The van der Waals surface area contributed by atoms with Gasteiger partial charge in [-0.2, -0.15) is 0 Å². The predicted molar refractivity (Wildman–Crippen MR) is 55.7 cm³/mol. The van der Waals surface area contributed by atoms with Crippen molar-refractivity contribution in [2.24, 2.45) is 0 Å². The van der Waals surface area contributed by atoms with E-state index in [1.54, 1.807) is 0 Å². The van der Waals surface area contributed by atoms with Crippen LogP contribution in [-0.2, 0) is 0 Å². The molecule has 0 aromatic rings. The second kappa shape index (κ2) is 256. The van der Waals surface area contributed by atoms with Gasteiger partial charge in [-0.25, -0.2) is 0 Å². The zero-order valence-corrected chi connectivity index (χ0v) is 8.45. The van der Waals surface area contributed by atoms with Gasteiger partial charge in [-0.1, -0.05) is 0 Å². The highest BCUT2D eigenvalue weighted by Gasteiger charge is 1.58. The SMILES string of the molecule is CN(C)C.O.O.O.O.O.O.O.O.O.O. The third kappa shape index (κ3) is 6660. The van der Waals surface area contributed by atoms with Crippen LogP contribution >= 0.6 is 0 Å². The van der Waals surface area contributed by atoms with Crippen LogP contribution in [-0.4, -0.2) is 80.8 Å². The molecule has 0 bridgehead atoms. The van der Waals surface area contributed by atoms with Crippen LogP contribution in [0.3, 0.4) is 0 Å². The standard InChI is InChI=1S/C3H9N.10H2O/c1-4(2)3;;;;;;;;;;/h1-3H3;10*1H2. The molecule has 0 amide bonds. The Morgan fingerprint density at radius 1 is 0.357 bits per heavy atom. The predicted octanol–water partition coefficient (Wildman–Crippen LogP) is -8.07. The second-order valence-electron chi connectivity index (χ2n) is 1.34. The molecule has 0 atom stereocenters. The molecule has 0 aliphatic heterocycles. The molecule has 0 heterocycles. The minimum Gasteiger partial charge on any atom is -0.412 e. The maximum atomic E-state index is 2.00. The first-order valence-electron chi connectivity index (χ1n) is 1.34. The number of hydrogen-bond acceptors (Lipinski definition) is 1. The lowest BCUT2D eigenvalue weighted by Crippen LogP contribution is -1.99. The molecule has 0 saturated heterocycles. The molecule has 0 saturated carbocycles. The van der Waals surface area contributed by atoms with Gasteiger partial charge in [-0.05, 0) is 21.1 Å². The lowest BCUT2D eigenvalue weighted by atomic mass is 11.0. The molecule has 20 N–H and O–H groups in total. The zero-order chi connectivity index (χ0) is 3.58. The molecule has 0 spiro atoms. The van der Waals surface area contributed by atoms with E-state index < -0.39 is 0 Å². The summed E-state index contributed by atoms with van der Waals surface area (Å²) in [6.45, 7) is 0. The third-order valence-electron chi connectivity index (χ3n) is 0. The monoisotopic (exact) mass is 239 g/mol. The summed E-state index contributed by atoms with van der Waals surface area (Å²) < 4.78 is 0. The number of hydrogen-bond donors (Lipinski definition) is 0. The fourth-order valence-electron chi connectivity index (χ4n) is 0. The highest BCUT2D eigenvalue weighted by Crippen LogP contribution is 1.47. The molecule has 11 heteroatoms. The minimum absolute atomic E-state index is 0. The van der Waals surface area contributed by atoms with Gasteiger partial charge in [0.1, 0.15) is 0 Å². The maximum absolute atomic E-state index is 2.00. The zero-order valence-electron chi connectivity index (χ0n) is 8.45. The van der Waals surface area contributed by atoms with Crippen molar-refractivity contribution in [1.29, 1.82) is 0 Å². The van der Waals surface area contributed by atoms with E-state index in [1.165, 1.54) is 0 Å². The van der Waals surface area contributed by atoms with Crippen LogP contribution in [0.5, 0.6) is 0 Å². The minimum atomic E-state index is 0. The summed E-state index contributed by atoms with van der Waals surface area (Å²) in [4.78, 5) is 2.00. The third-order valence-corrected chi connectivity index (χ3v) is 0. The van der Waals surface area contributed by atoms with Crippen LogP contribution in [0, 0.1) is 0 Å². The van der Waals surface area contributed by atoms with E-state index in [0.29, 0.717) is 0 Å². The Bertz CT molecular complexity index is 20.1. The Morgan fingerprint density at radius 2 is 0.357 bits per heavy atom. The van der Waals surface area contributed by atoms with Gasteiger partial charge in [0.25, 0.3) is 0 Å². The molecular weight excluding hydrogens is 210 g/mol. The molecule has 11 nitrogen and oxygen atoms in total. The van der Waals surface area contributed by atoms with Crippen molar-refractivity contribution in [3.8, 4) is 0 Å². The van der Waals surface area contributed by atoms with Gasteiger partial charge in [0, 0.05) is 0 Å². The Balaban J connectivity index is -0.000000001000. The van der Waals surface area contributed by atoms with Gasteiger partial charge in [0.2, 0.25) is 0 Å². The highest BCUT2D eigenvalue weighted by molar-refractivity contribution is 4.09. The summed E-state index contributed by atoms with van der Waals surface area (Å²) in [5.74, 6) is 0. The molecule has 0 rings (SSSR count). The van der Waals surface area contributed by atoms with E-state index in [9.17, 15) is 0 Å². The number of nitrogens with zero attached hydrogens (tertiary/aromatic N) is 1. The van der Waals surface area contributed by atoms with Crippen molar-refractivity contribution >= 4 is 0 Å². The Morgan fingerprint density at radius 3 is 0.357 bits per heavy atom. The van der Waals surface area contributed by atoms with Crippen molar-refractivity contribution < 1.29 is 54.8 Å². The van der Waals surface area contributed by atoms with Crippen LogP contribution in [0.2, 0.25) is 0 Å². The Hall–Kier alpha value is -0.440. The average Bonchev–Trinajstić information content (AvgIpc) is 0.811. The first-order valence-corrected chi connectivity index (χ1v) is 1.34. The normalized spacial score (nSPS) is 2.57. The van der Waals surface area contributed by atoms with Crippen LogP contribution in [0.15, 0.2) is 0 Å². The van der Waals surface area contributed by atoms with Crippen molar-refractivity contribution in [1.82, 2.24) is 4.90 Å². The Kier molecular flexibility index (Phi) is 5970. The molecule has 0 radical (unpaired) electrons. The van der Waals surface area contributed by atoms with E-state index in [2.05, 4.69) is 0 Å². The van der Waals surface area contributed by atoms with Crippen molar-refractivity contribution in [3.63, 3.8) is 0 Å². The molecule has 0 aliphatic rings. The topological polar surface area (TPSA) is 318 Å². The molecule has 0 aliphatic carbocycles. The molecule has 0 unspecified atom stereocenters. The second-order valence-corrected chi connectivity index (χ2v) is 1.34. The molecule has 0 aromatic heterocycles. The molecule has 0 aromatic carbocycles. The fourth-order valence-corrected chi connectivity index (χ4v) is 0. The number of rotatable bonds is 0. The van der Waals surface area contributed by atoms with Gasteiger partial charge < -0.3 is 59.7 Å². The smallest absolute Gasteiger partial charge is 0.0140 e. The van der Waals surface area contributed by atoms with Crippen molar-refractivity contribution in [3.05, 3.63) is 0 Å². The van der Waals surface area contributed by atoms with Crippen molar-refractivity contribution in [2.45, 2.75) is 0 Å². The fraction of sp³-hybridized carbons (Fsp3) is 1.00. The molecule has 14 heavy (non-hydrogen) atoms.